The molecule has 0 bridgehead atoms. The second-order valence-corrected chi connectivity index (χ2v) is 6.76. The average Bonchev–Trinajstić information content (AvgIpc) is 2.71. The lowest BCUT2D eigenvalue weighted by Crippen LogP contribution is -2.53. The first-order valence-electron chi connectivity index (χ1n) is 9.39. The van der Waals surface area contributed by atoms with Crippen molar-refractivity contribution in [3.63, 3.8) is 0 Å². The molecule has 4 N–H and O–H groups in total. The van der Waals surface area contributed by atoms with Crippen molar-refractivity contribution in [2.75, 3.05) is 32.8 Å². The highest BCUT2D eigenvalue weighted by molar-refractivity contribution is 5.90. The van der Waals surface area contributed by atoms with E-state index < -0.39 is 48.5 Å². The number of morpholine rings is 1. The number of carbonyl (C=O) groups excluding carboxylic acids is 2. The molecular weight excluding hydrogens is 422 g/mol. The lowest BCUT2D eigenvalue weighted by Gasteiger charge is -2.27. The molecule has 172 valence electrons. The lowest BCUT2D eigenvalue weighted by atomic mass is 10.0. The van der Waals surface area contributed by atoms with Crippen LogP contribution < -0.4 is 15.4 Å². The number of carboxylic acids is 1. The standard InChI is InChI=1S/C18H24F2N4O7/c1-10(22-12(25)9-24-4-6-30-7-5-24)16(27)23-14(17(28)29)15(26)11-2-3-13(21-8-11)31-18(19)20/h2-3,8,10,14-15,18,26H,4-7,9H2,1H3,(H,22,25)(H,23,27)(H,28,29)/t10-,14-,15+/m0/s1. The Hall–Kier alpha value is -2.90. The molecule has 1 aliphatic rings. The molecule has 2 heterocycles. The van der Waals surface area contributed by atoms with Gasteiger partial charge in [-0.3, -0.25) is 14.5 Å². The van der Waals surface area contributed by atoms with Gasteiger partial charge in [0.1, 0.15) is 12.1 Å². The van der Waals surface area contributed by atoms with Gasteiger partial charge in [-0.25, -0.2) is 9.78 Å². The van der Waals surface area contributed by atoms with Crippen LogP contribution in [0.1, 0.15) is 18.6 Å². The maximum Gasteiger partial charge on any atom is 0.388 e. The number of carboxylic acid groups (broad SMARTS) is 1. The second-order valence-electron chi connectivity index (χ2n) is 6.76. The van der Waals surface area contributed by atoms with Gasteiger partial charge in [-0.15, -0.1) is 0 Å². The zero-order valence-corrected chi connectivity index (χ0v) is 16.7. The van der Waals surface area contributed by atoms with Crippen LogP contribution in [0.2, 0.25) is 0 Å². The molecular formula is C18H24F2N4O7. The molecule has 1 aromatic rings. The van der Waals surface area contributed by atoms with Crippen molar-refractivity contribution in [2.45, 2.75) is 31.7 Å². The fraction of sp³-hybridized carbons (Fsp3) is 0.556. The number of aliphatic carboxylic acids is 1. The van der Waals surface area contributed by atoms with E-state index in [0.29, 0.717) is 26.3 Å². The van der Waals surface area contributed by atoms with E-state index >= 15 is 0 Å². The van der Waals surface area contributed by atoms with Gasteiger partial charge in [0.25, 0.3) is 0 Å². The maximum absolute atomic E-state index is 12.3. The van der Waals surface area contributed by atoms with Crippen LogP contribution in [0.3, 0.4) is 0 Å². The first-order valence-corrected chi connectivity index (χ1v) is 9.39. The molecule has 1 aliphatic heterocycles. The van der Waals surface area contributed by atoms with Gasteiger partial charge in [-0.2, -0.15) is 8.78 Å². The van der Waals surface area contributed by atoms with E-state index in [9.17, 15) is 33.4 Å². The number of amides is 2. The smallest absolute Gasteiger partial charge is 0.388 e. The molecule has 13 heteroatoms. The van der Waals surface area contributed by atoms with Crippen molar-refractivity contribution in [3.05, 3.63) is 23.9 Å². The molecule has 0 spiro atoms. The SMILES string of the molecule is C[C@H](NC(=O)CN1CCOCC1)C(=O)N[C@H](C(=O)O)[C@H](O)c1ccc(OC(F)F)nc1. The highest BCUT2D eigenvalue weighted by Gasteiger charge is 2.31. The third kappa shape index (κ3) is 7.70. The number of nitrogens with zero attached hydrogens (tertiary/aromatic N) is 2. The summed E-state index contributed by atoms with van der Waals surface area (Å²) in [5, 5.41) is 24.3. The zero-order chi connectivity index (χ0) is 23.0. The lowest BCUT2D eigenvalue weighted by molar-refractivity contribution is -0.145. The number of hydrogen-bond acceptors (Lipinski definition) is 8. The first-order chi connectivity index (χ1) is 14.7. The molecule has 1 fully saturated rings. The van der Waals surface area contributed by atoms with Crippen LogP contribution in [0, 0.1) is 0 Å². The number of carbonyl (C=O) groups is 3. The number of alkyl halides is 2. The monoisotopic (exact) mass is 446 g/mol. The van der Waals surface area contributed by atoms with Gasteiger partial charge < -0.3 is 30.3 Å². The molecule has 3 atom stereocenters. The summed E-state index contributed by atoms with van der Waals surface area (Å²) in [6, 6.07) is -0.664. The van der Waals surface area contributed by atoms with Crippen LogP contribution in [-0.4, -0.2) is 89.4 Å². The summed E-state index contributed by atoms with van der Waals surface area (Å²) in [7, 11) is 0. The summed E-state index contributed by atoms with van der Waals surface area (Å²) in [5.74, 6) is -3.21. The number of nitrogens with one attached hydrogen (secondary N) is 2. The van der Waals surface area contributed by atoms with E-state index in [1.165, 1.54) is 6.92 Å². The minimum Gasteiger partial charge on any atom is -0.480 e. The van der Waals surface area contributed by atoms with Gasteiger partial charge in [-0.1, -0.05) is 0 Å². The van der Waals surface area contributed by atoms with Gasteiger partial charge in [0.15, 0.2) is 6.04 Å². The van der Waals surface area contributed by atoms with Crippen molar-refractivity contribution < 1.29 is 42.9 Å². The van der Waals surface area contributed by atoms with Gasteiger partial charge in [0, 0.05) is 30.9 Å². The Morgan fingerprint density at radius 3 is 2.48 bits per heavy atom. The Morgan fingerprint density at radius 1 is 1.26 bits per heavy atom. The predicted molar refractivity (Wildman–Crippen MR) is 100 cm³/mol. The van der Waals surface area contributed by atoms with E-state index in [4.69, 9.17) is 4.74 Å². The minimum atomic E-state index is -3.09. The number of ether oxygens (including phenoxy) is 2. The van der Waals surface area contributed by atoms with E-state index in [0.717, 1.165) is 18.3 Å². The van der Waals surface area contributed by atoms with E-state index in [1.54, 1.807) is 0 Å². The maximum atomic E-state index is 12.3. The fourth-order valence-corrected chi connectivity index (χ4v) is 2.79. The summed E-state index contributed by atoms with van der Waals surface area (Å²) >= 11 is 0. The van der Waals surface area contributed by atoms with E-state index in [-0.39, 0.29) is 12.1 Å². The number of aliphatic hydroxyl groups is 1. The molecule has 0 saturated carbocycles. The van der Waals surface area contributed by atoms with Crippen LogP contribution >= 0.6 is 0 Å². The van der Waals surface area contributed by atoms with Crippen LogP contribution in [-0.2, 0) is 19.1 Å². The van der Waals surface area contributed by atoms with Crippen molar-refractivity contribution in [2.24, 2.45) is 0 Å². The third-order valence-corrected chi connectivity index (χ3v) is 4.43. The number of halogens is 2. The Bertz CT molecular complexity index is 760. The number of aliphatic hydroxyl groups excluding tert-OH is 1. The van der Waals surface area contributed by atoms with E-state index in [1.807, 2.05) is 4.90 Å². The van der Waals surface area contributed by atoms with Gasteiger partial charge in [0.2, 0.25) is 17.7 Å². The summed E-state index contributed by atoms with van der Waals surface area (Å²) in [6.07, 6.45) is -0.774. The average molecular weight is 446 g/mol. The minimum absolute atomic E-state index is 0.0432. The number of aromatic nitrogens is 1. The Kier molecular flexibility index (Phi) is 9.03. The van der Waals surface area contributed by atoms with Crippen molar-refractivity contribution >= 4 is 17.8 Å². The highest BCUT2D eigenvalue weighted by atomic mass is 19.3. The molecule has 11 nitrogen and oxygen atoms in total. The highest BCUT2D eigenvalue weighted by Crippen LogP contribution is 2.19. The summed E-state index contributed by atoms with van der Waals surface area (Å²) in [5.41, 5.74) is -0.0432. The molecule has 0 aromatic carbocycles. The van der Waals surface area contributed by atoms with Crippen LogP contribution in [0.4, 0.5) is 8.78 Å². The van der Waals surface area contributed by atoms with Crippen LogP contribution in [0.25, 0.3) is 0 Å². The molecule has 2 amide bonds. The number of hydrogen-bond donors (Lipinski definition) is 4. The van der Waals surface area contributed by atoms with Gasteiger partial charge in [-0.05, 0) is 13.0 Å². The number of pyridine rings is 1. The second kappa shape index (κ2) is 11.5. The molecule has 1 saturated heterocycles. The predicted octanol–water partition coefficient (Wildman–Crippen LogP) is -0.877. The molecule has 0 radical (unpaired) electrons. The van der Waals surface area contributed by atoms with Crippen LogP contribution in [0.15, 0.2) is 18.3 Å². The molecule has 2 rings (SSSR count). The summed E-state index contributed by atoms with van der Waals surface area (Å²) in [6.45, 7) is 0.513. The molecule has 0 aliphatic carbocycles. The Labute approximate surface area is 176 Å². The van der Waals surface area contributed by atoms with Crippen molar-refractivity contribution in [1.29, 1.82) is 0 Å². The first kappa shape index (κ1) is 24.4. The quantitative estimate of drug-likeness (QED) is 0.359. The number of rotatable bonds is 10. The largest absolute Gasteiger partial charge is 0.480 e. The molecule has 0 unspecified atom stereocenters. The Morgan fingerprint density at radius 2 is 1.94 bits per heavy atom. The molecule has 1 aromatic heterocycles. The van der Waals surface area contributed by atoms with E-state index in [2.05, 4.69) is 20.4 Å². The molecule has 31 heavy (non-hydrogen) atoms. The fourth-order valence-electron chi connectivity index (χ4n) is 2.79. The van der Waals surface area contributed by atoms with Gasteiger partial charge >= 0.3 is 12.6 Å². The summed E-state index contributed by atoms with van der Waals surface area (Å²) in [4.78, 5) is 41.4. The van der Waals surface area contributed by atoms with Crippen LogP contribution in [0.5, 0.6) is 5.88 Å². The summed E-state index contributed by atoms with van der Waals surface area (Å²) < 4.78 is 33.6. The van der Waals surface area contributed by atoms with Gasteiger partial charge in [0.05, 0.1) is 19.8 Å². The van der Waals surface area contributed by atoms with Crippen molar-refractivity contribution in [3.8, 4) is 5.88 Å². The van der Waals surface area contributed by atoms with Crippen molar-refractivity contribution in [1.82, 2.24) is 20.5 Å². The normalized spacial score (nSPS) is 17.5. The topological polar surface area (TPSA) is 150 Å². The Balaban J connectivity index is 1.93. The third-order valence-electron chi connectivity index (χ3n) is 4.43. The zero-order valence-electron chi connectivity index (χ0n) is 16.7.